The first-order valence-corrected chi connectivity index (χ1v) is 5.00. The molecule has 0 fully saturated rings. The molecule has 0 saturated heterocycles. The van der Waals surface area contributed by atoms with E-state index in [0.29, 0.717) is 5.82 Å². The first kappa shape index (κ1) is 8.96. The maximum absolute atomic E-state index is 5.80. The number of aryl methyl sites for hydroxylation is 1. The van der Waals surface area contributed by atoms with Crippen LogP contribution >= 0.6 is 0 Å². The lowest BCUT2D eigenvalue weighted by Crippen LogP contribution is -2.01. The number of nitrogens with two attached hydrogens (primary N) is 1. The van der Waals surface area contributed by atoms with Crippen LogP contribution in [0, 0.1) is 6.92 Å². The quantitative estimate of drug-likeness (QED) is 0.645. The molecule has 16 heavy (non-hydrogen) atoms. The van der Waals surface area contributed by atoms with Gasteiger partial charge in [-0.25, -0.2) is 9.67 Å². The maximum atomic E-state index is 5.80. The molecule has 0 aliphatic heterocycles. The highest BCUT2D eigenvalue weighted by atomic mass is 15.3. The van der Waals surface area contributed by atoms with Crippen LogP contribution in [-0.2, 0) is 0 Å². The van der Waals surface area contributed by atoms with E-state index in [1.807, 2.05) is 25.1 Å². The minimum Gasteiger partial charge on any atom is -0.384 e. The summed E-state index contributed by atoms with van der Waals surface area (Å²) in [5.41, 5.74) is 8.67. The van der Waals surface area contributed by atoms with Crippen molar-refractivity contribution in [3.8, 4) is 5.69 Å². The third-order valence-corrected chi connectivity index (χ3v) is 2.50. The van der Waals surface area contributed by atoms with Crippen molar-refractivity contribution >= 4 is 16.9 Å². The fourth-order valence-electron chi connectivity index (χ4n) is 1.79. The van der Waals surface area contributed by atoms with Gasteiger partial charge in [-0.3, -0.25) is 0 Å². The van der Waals surface area contributed by atoms with Gasteiger partial charge in [0.25, 0.3) is 0 Å². The molecule has 0 spiro atoms. The minimum absolute atomic E-state index is 0.621. The van der Waals surface area contributed by atoms with Gasteiger partial charge in [0.2, 0.25) is 0 Å². The Morgan fingerprint density at radius 3 is 2.94 bits per heavy atom. The second-order valence-corrected chi connectivity index (χ2v) is 3.69. The van der Waals surface area contributed by atoms with E-state index in [1.165, 1.54) is 0 Å². The topological polar surface area (TPSA) is 72.5 Å². The molecule has 0 radical (unpaired) electrons. The first-order valence-electron chi connectivity index (χ1n) is 5.00. The van der Waals surface area contributed by atoms with Crippen LogP contribution in [-0.4, -0.2) is 19.7 Å². The monoisotopic (exact) mass is 213 g/mol. The second-order valence-electron chi connectivity index (χ2n) is 3.69. The van der Waals surface area contributed by atoms with Crippen LogP contribution in [0.4, 0.5) is 5.82 Å². The summed E-state index contributed by atoms with van der Waals surface area (Å²) in [5.74, 6) is 1.52. The highest BCUT2D eigenvalue weighted by Gasteiger charge is 2.04. The molecular weight excluding hydrogens is 202 g/mol. The maximum Gasteiger partial charge on any atom is 0.127 e. The predicted molar refractivity (Wildman–Crippen MR) is 62.4 cm³/mol. The van der Waals surface area contributed by atoms with E-state index in [4.69, 9.17) is 5.73 Å². The number of imidazole rings is 1. The molecular formula is C11H11N5. The fourth-order valence-corrected chi connectivity index (χ4v) is 1.79. The number of aromatic amines is 1. The smallest absolute Gasteiger partial charge is 0.127 e. The zero-order chi connectivity index (χ0) is 11.1. The van der Waals surface area contributed by atoms with Crippen LogP contribution in [0.2, 0.25) is 0 Å². The van der Waals surface area contributed by atoms with Crippen LogP contribution < -0.4 is 5.73 Å². The van der Waals surface area contributed by atoms with Crippen LogP contribution in [0.1, 0.15) is 5.82 Å². The number of hydrogen-bond acceptors (Lipinski definition) is 3. The van der Waals surface area contributed by atoms with Crippen molar-refractivity contribution in [3.05, 3.63) is 36.3 Å². The van der Waals surface area contributed by atoms with Crippen LogP contribution in [0.25, 0.3) is 16.7 Å². The molecule has 0 bridgehead atoms. The van der Waals surface area contributed by atoms with E-state index in [-0.39, 0.29) is 0 Å². The normalized spacial score (nSPS) is 11.1. The summed E-state index contributed by atoms with van der Waals surface area (Å²) in [4.78, 5) is 7.53. The van der Waals surface area contributed by atoms with Gasteiger partial charge in [-0.1, -0.05) is 0 Å². The summed E-state index contributed by atoms with van der Waals surface area (Å²) >= 11 is 0. The third-order valence-electron chi connectivity index (χ3n) is 2.50. The fraction of sp³-hybridized carbons (Fsp3) is 0.0909. The molecule has 2 heterocycles. The van der Waals surface area contributed by atoms with Gasteiger partial charge in [-0.05, 0) is 25.1 Å². The molecule has 3 rings (SSSR count). The van der Waals surface area contributed by atoms with Gasteiger partial charge in [0.1, 0.15) is 11.6 Å². The molecule has 5 nitrogen and oxygen atoms in total. The number of nitrogens with zero attached hydrogens (tertiary/aromatic N) is 3. The summed E-state index contributed by atoms with van der Waals surface area (Å²) in [6.45, 7) is 1.93. The largest absolute Gasteiger partial charge is 0.384 e. The van der Waals surface area contributed by atoms with Crippen LogP contribution in [0.3, 0.4) is 0 Å². The molecule has 5 heteroatoms. The molecule has 0 aliphatic carbocycles. The van der Waals surface area contributed by atoms with Gasteiger partial charge in [0.15, 0.2) is 0 Å². The summed E-state index contributed by atoms with van der Waals surface area (Å²) in [6, 6.07) is 7.66. The Morgan fingerprint density at radius 1 is 1.31 bits per heavy atom. The average Bonchev–Trinajstić information content (AvgIpc) is 2.81. The molecule has 3 N–H and O–H groups in total. The Hall–Kier alpha value is -2.30. The van der Waals surface area contributed by atoms with Crippen molar-refractivity contribution in [2.75, 3.05) is 5.73 Å². The zero-order valence-electron chi connectivity index (χ0n) is 8.81. The van der Waals surface area contributed by atoms with Crippen molar-refractivity contribution in [1.82, 2.24) is 19.7 Å². The van der Waals surface area contributed by atoms with E-state index in [2.05, 4.69) is 15.1 Å². The molecule has 1 aromatic carbocycles. The standard InChI is InChI=1S/C11H11N5/c1-7-14-9-3-2-8(6-10(9)15-7)16-11(12)4-5-13-16/h2-6H,12H2,1H3,(H,14,15). The summed E-state index contributed by atoms with van der Waals surface area (Å²) in [6.07, 6.45) is 1.68. The number of nitrogen functional groups attached to an aromatic ring is 1. The Bertz CT molecular complexity index is 649. The van der Waals surface area contributed by atoms with E-state index in [9.17, 15) is 0 Å². The Morgan fingerprint density at radius 2 is 2.19 bits per heavy atom. The Balaban J connectivity index is 2.22. The molecule has 0 unspecified atom stereocenters. The lowest BCUT2D eigenvalue weighted by Gasteiger charge is -2.03. The van der Waals surface area contributed by atoms with Crippen molar-refractivity contribution in [2.45, 2.75) is 6.92 Å². The summed E-state index contributed by atoms with van der Waals surface area (Å²) in [7, 11) is 0. The number of H-pyrrole nitrogens is 1. The summed E-state index contributed by atoms with van der Waals surface area (Å²) < 4.78 is 1.69. The minimum atomic E-state index is 0.621. The van der Waals surface area contributed by atoms with E-state index >= 15 is 0 Å². The molecule has 0 atom stereocenters. The number of aromatic nitrogens is 4. The van der Waals surface area contributed by atoms with E-state index in [1.54, 1.807) is 16.9 Å². The molecule has 80 valence electrons. The van der Waals surface area contributed by atoms with Gasteiger partial charge in [-0.15, -0.1) is 0 Å². The lowest BCUT2D eigenvalue weighted by atomic mass is 10.3. The van der Waals surface area contributed by atoms with E-state index < -0.39 is 0 Å². The highest BCUT2D eigenvalue weighted by Crippen LogP contribution is 2.18. The van der Waals surface area contributed by atoms with Gasteiger partial charge in [-0.2, -0.15) is 5.10 Å². The number of rotatable bonds is 1. The van der Waals surface area contributed by atoms with Crippen molar-refractivity contribution in [3.63, 3.8) is 0 Å². The Kier molecular flexibility index (Phi) is 1.73. The molecule has 3 aromatic rings. The number of hydrogen-bond donors (Lipinski definition) is 2. The van der Waals surface area contributed by atoms with Crippen LogP contribution in [0.15, 0.2) is 30.5 Å². The van der Waals surface area contributed by atoms with Crippen LogP contribution in [0.5, 0.6) is 0 Å². The van der Waals surface area contributed by atoms with E-state index in [0.717, 1.165) is 22.5 Å². The predicted octanol–water partition coefficient (Wildman–Crippen LogP) is 1.64. The zero-order valence-corrected chi connectivity index (χ0v) is 8.81. The number of anilines is 1. The van der Waals surface area contributed by atoms with Crippen molar-refractivity contribution < 1.29 is 0 Å². The van der Waals surface area contributed by atoms with Gasteiger partial charge in [0, 0.05) is 6.07 Å². The molecule has 2 aromatic heterocycles. The van der Waals surface area contributed by atoms with Gasteiger partial charge >= 0.3 is 0 Å². The van der Waals surface area contributed by atoms with Crippen molar-refractivity contribution in [1.29, 1.82) is 0 Å². The highest BCUT2D eigenvalue weighted by molar-refractivity contribution is 5.77. The van der Waals surface area contributed by atoms with Gasteiger partial charge in [0.05, 0.1) is 22.9 Å². The SMILES string of the molecule is Cc1nc2ccc(-n3nccc3N)cc2[nH]1. The summed E-state index contributed by atoms with van der Waals surface area (Å²) in [5, 5.41) is 4.16. The third kappa shape index (κ3) is 1.25. The van der Waals surface area contributed by atoms with Crippen molar-refractivity contribution in [2.24, 2.45) is 0 Å². The second kappa shape index (κ2) is 3.10. The molecule has 0 amide bonds. The number of benzene rings is 1. The molecule has 0 saturated carbocycles. The Labute approximate surface area is 91.9 Å². The average molecular weight is 213 g/mol. The number of fused-ring (bicyclic) bond motifs is 1. The first-order chi connectivity index (χ1) is 7.74. The van der Waals surface area contributed by atoms with Gasteiger partial charge < -0.3 is 10.7 Å². The lowest BCUT2D eigenvalue weighted by molar-refractivity contribution is 0.892. The number of nitrogens with one attached hydrogen (secondary N) is 1. The molecule has 0 aliphatic rings.